The van der Waals surface area contributed by atoms with Crippen molar-refractivity contribution in [1.82, 2.24) is 0 Å². The van der Waals surface area contributed by atoms with Crippen LogP contribution in [-0.4, -0.2) is 26.2 Å². The third kappa shape index (κ3) is 4.14. The number of methoxy groups -OCH3 is 1. The highest BCUT2D eigenvalue weighted by molar-refractivity contribution is 5.70. The van der Waals surface area contributed by atoms with Crippen LogP contribution in [0.1, 0.15) is 5.56 Å². The van der Waals surface area contributed by atoms with Crippen LogP contribution in [0.2, 0.25) is 0 Å². The maximum absolute atomic E-state index is 10.9. The van der Waals surface area contributed by atoms with Gasteiger partial charge in [0.05, 0.1) is 7.11 Å². The van der Waals surface area contributed by atoms with E-state index < -0.39 is 5.97 Å². The number of esters is 1. The fraction of sp³-hybridized carbons (Fsp3) is 0.250. The molecule has 0 atom stereocenters. The smallest absolute Gasteiger partial charge is 0.343 e. The predicted molar refractivity (Wildman–Crippen MR) is 62.0 cm³/mol. The average Bonchev–Trinajstić information content (AvgIpc) is 2.34. The lowest BCUT2D eigenvalue weighted by Gasteiger charge is -2.05. The Morgan fingerprint density at radius 1 is 1.50 bits per heavy atom. The molecule has 0 saturated heterocycles. The Hall–Kier alpha value is -1.81. The van der Waals surface area contributed by atoms with Crippen molar-refractivity contribution in [1.29, 1.82) is 0 Å². The van der Waals surface area contributed by atoms with E-state index in [9.17, 15) is 4.79 Å². The van der Waals surface area contributed by atoms with Crippen LogP contribution in [0.3, 0.4) is 0 Å². The number of nitrogens with two attached hydrogens (primary N) is 1. The van der Waals surface area contributed by atoms with E-state index >= 15 is 0 Å². The first-order valence-electron chi connectivity index (χ1n) is 4.92. The summed E-state index contributed by atoms with van der Waals surface area (Å²) >= 11 is 0. The number of carbonyl (C=O) groups is 1. The first kappa shape index (κ1) is 12.3. The summed E-state index contributed by atoms with van der Waals surface area (Å²) in [7, 11) is 1.33. The highest BCUT2D eigenvalue weighted by Crippen LogP contribution is 2.14. The zero-order chi connectivity index (χ0) is 11.8. The summed E-state index contributed by atoms with van der Waals surface area (Å²) in [6.45, 7) is 0.411. The van der Waals surface area contributed by atoms with Crippen molar-refractivity contribution >= 4 is 12.0 Å². The molecule has 0 amide bonds. The van der Waals surface area contributed by atoms with Crippen LogP contribution in [0.5, 0.6) is 5.75 Å². The first-order chi connectivity index (χ1) is 7.76. The topological polar surface area (TPSA) is 61.5 Å². The Kier molecular flexibility index (Phi) is 5.08. The summed E-state index contributed by atoms with van der Waals surface area (Å²) in [5.74, 6) is 0.229. The van der Waals surface area contributed by atoms with Gasteiger partial charge in [0.1, 0.15) is 5.75 Å². The molecule has 4 nitrogen and oxygen atoms in total. The molecular weight excluding hydrogens is 206 g/mol. The van der Waals surface area contributed by atoms with E-state index in [2.05, 4.69) is 4.74 Å². The molecule has 1 aromatic carbocycles. The van der Waals surface area contributed by atoms with Gasteiger partial charge in [-0.3, -0.25) is 0 Å². The molecule has 0 aliphatic carbocycles. The minimum atomic E-state index is -0.400. The van der Waals surface area contributed by atoms with Crippen LogP contribution in [0.4, 0.5) is 0 Å². The van der Waals surface area contributed by atoms with Crippen molar-refractivity contribution < 1.29 is 14.3 Å². The molecule has 0 saturated carbocycles. The molecule has 86 valence electrons. The van der Waals surface area contributed by atoms with Crippen molar-refractivity contribution in [2.24, 2.45) is 5.73 Å². The van der Waals surface area contributed by atoms with E-state index in [4.69, 9.17) is 10.5 Å². The molecule has 16 heavy (non-hydrogen) atoms. The first-order valence-corrected chi connectivity index (χ1v) is 4.92. The van der Waals surface area contributed by atoms with Crippen LogP contribution < -0.4 is 10.5 Å². The lowest BCUT2D eigenvalue weighted by atomic mass is 10.2. The minimum absolute atomic E-state index is 0.0828. The molecule has 0 aliphatic rings. The number of benzene rings is 1. The minimum Gasteiger partial charge on any atom is -0.482 e. The second-order valence-corrected chi connectivity index (χ2v) is 3.08. The van der Waals surface area contributed by atoms with Crippen molar-refractivity contribution in [3.63, 3.8) is 0 Å². The van der Waals surface area contributed by atoms with Crippen LogP contribution in [-0.2, 0) is 9.53 Å². The van der Waals surface area contributed by atoms with Crippen LogP contribution in [0.25, 0.3) is 6.08 Å². The third-order valence-electron chi connectivity index (χ3n) is 1.89. The van der Waals surface area contributed by atoms with Gasteiger partial charge in [-0.1, -0.05) is 24.3 Å². The van der Waals surface area contributed by atoms with Crippen molar-refractivity contribution in [3.05, 3.63) is 35.9 Å². The van der Waals surface area contributed by atoms with E-state index in [1.807, 2.05) is 30.4 Å². The molecule has 1 aromatic rings. The van der Waals surface area contributed by atoms with E-state index in [1.165, 1.54) is 7.11 Å². The van der Waals surface area contributed by atoms with Gasteiger partial charge in [0.25, 0.3) is 0 Å². The van der Waals surface area contributed by atoms with E-state index in [-0.39, 0.29) is 6.61 Å². The zero-order valence-corrected chi connectivity index (χ0v) is 9.18. The molecule has 1 rings (SSSR count). The maximum atomic E-state index is 10.9. The summed E-state index contributed by atoms with van der Waals surface area (Å²) in [6, 6.07) is 7.39. The molecule has 4 heteroatoms. The monoisotopic (exact) mass is 221 g/mol. The molecule has 0 aliphatic heterocycles. The van der Waals surface area contributed by atoms with Crippen LogP contribution in [0, 0.1) is 0 Å². The van der Waals surface area contributed by atoms with E-state index in [0.717, 1.165) is 5.56 Å². The predicted octanol–water partition coefficient (Wildman–Crippen LogP) is 1.21. The lowest BCUT2D eigenvalue weighted by Crippen LogP contribution is -2.12. The van der Waals surface area contributed by atoms with Gasteiger partial charge in [-0.05, 0) is 17.7 Å². The molecular formula is C12H15NO3. The Labute approximate surface area is 94.7 Å². The van der Waals surface area contributed by atoms with Gasteiger partial charge in [0.2, 0.25) is 0 Å². The van der Waals surface area contributed by atoms with Gasteiger partial charge < -0.3 is 15.2 Å². The van der Waals surface area contributed by atoms with Crippen LogP contribution in [0.15, 0.2) is 30.3 Å². The highest BCUT2D eigenvalue weighted by atomic mass is 16.6. The fourth-order valence-electron chi connectivity index (χ4n) is 1.11. The van der Waals surface area contributed by atoms with Gasteiger partial charge in [-0.2, -0.15) is 0 Å². The van der Waals surface area contributed by atoms with Crippen molar-refractivity contribution in [2.75, 3.05) is 20.3 Å². The Balaban J connectivity index is 2.60. The highest BCUT2D eigenvalue weighted by Gasteiger charge is 2.01. The number of carbonyl (C=O) groups excluding carboxylic acids is 1. The largest absolute Gasteiger partial charge is 0.482 e. The normalized spacial score (nSPS) is 10.4. The Morgan fingerprint density at radius 2 is 2.31 bits per heavy atom. The number of hydrogen-bond donors (Lipinski definition) is 1. The summed E-state index contributed by atoms with van der Waals surface area (Å²) < 4.78 is 9.71. The summed E-state index contributed by atoms with van der Waals surface area (Å²) in [4.78, 5) is 10.9. The number of hydrogen-bond acceptors (Lipinski definition) is 4. The molecule has 0 aromatic heterocycles. The lowest BCUT2D eigenvalue weighted by molar-refractivity contribution is -0.142. The molecule has 0 radical (unpaired) electrons. The Bertz CT molecular complexity index is 374. The van der Waals surface area contributed by atoms with Crippen LogP contribution >= 0.6 is 0 Å². The van der Waals surface area contributed by atoms with E-state index in [0.29, 0.717) is 12.3 Å². The van der Waals surface area contributed by atoms with Gasteiger partial charge in [-0.25, -0.2) is 4.79 Å². The molecule has 0 fully saturated rings. The third-order valence-corrected chi connectivity index (χ3v) is 1.89. The molecule has 0 heterocycles. The van der Waals surface area contributed by atoms with E-state index in [1.54, 1.807) is 6.07 Å². The SMILES string of the molecule is COC(=O)COc1cccc(/C=C/CN)c1. The van der Waals surface area contributed by atoms with Gasteiger partial charge in [0, 0.05) is 6.54 Å². The molecule has 0 bridgehead atoms. The molecule has 0 unspecified atom stereocenters. The summed E-state index contributed by atoms with van der Waals surface area (Å²) in [6.07, 6.45) is 3.74. The number of rotatable bonds is 5. The van der Waals surface area contributed by atoms with Crippen molar-refractivity contribution in [3.8, 4) is 5.75 Å². The molecule has 2 N–H and O–H groups in total. The standard InChI is InChI=1S/C12H15NO3/c1-15-12(14)9-16-11-6-2-4-10(8-11)5-3-7-13/h2-6,8H,7,9,13H2,1H3/b5-3+. The van der Waals surface area contributed by atoms with Crippen molar-refractivity contribution in [2.45, 2.75) is 0 Å². The maximum Gasteiger partial charge on any atom is 0.343 e. The summed E-state index contributed by atoms with van der Waals surface area (Å²) in [5.41, 5.74) is 6.33. The second kappa shape index (κ2) is 6.63. The zero-order valence-electron chi connectivity index (χ0n) is 9.18. The van der Waals surface area contributed by atoms with Gasteiger partial charge >= 0.3 is 5.97 Å². The fourth-order valence-corrected chi connectivity index (χ4v) is 1.11. The van der Waals surface area contributed by atoms with Gasteiger partial charge in [-0.15, -0.1) is 0 Å². The summed E-state index contributed by atoms with van der Waals surface area (Å²) in [5, 5.41) is 0. The molecule has 0 spiro atoms. The quantitative estimate of drug-likeness (QED) is 0.759. The van der Waals surface area contributed by atoms with Gasteiger partial charge in [0.15, 0.2) is 6.61 Å². The second-order valence-electron chi connectivity index (χ2n) is 3.08. The number of ether oxygens (including phenoxy) is 2. The Morgan fingerprint density at radius 3 is 3.00 bits per heavy atom. The average molecular weight is 221 g/mol.